The van der Waals surface area contributed by atoms with Gasteiger partial charge in [0.1, 0.15) is 6.29 Å². The fraction of sp³-hybridized carbons (Fsp3) is 0.150. The molecule has 0 fully saturated rings. The van der Waals surface area contributed by atoms with Gasteiger partial charge in [0, 0.05) is 12.5 Å². The molecule has 0 bridgehead atoms. The molecule has 2 aromatic carbocycles. The third kappa shape index (κ3) is 5.22. The highest BCUT2D eigenvalue weighted by Gasteiger charge is 2.27. The molecule has 0 radical (unpaired) electrons. The average Bonchev–Trinajstić information content (AvgIpc) is 2.67. The second kappa shape index (κ2) is 9.30. The van der Waals surface area contributed by atoms with Crippen LogP contribution in [0.3, 0.4) is 0 Å². The lowest BCUT2D eigenvalue weighted by molar-refractivity contribution is -0.145. The maximum Gasteiger partial charge on any atom is 0.253 e. The van der Waals surface area contributed by atoms with Crippen LogP contribution in [0.5, 0.6) is 0 Å². The lowest BCUT2D eigenvalue weighted by atomic mass is 10.1. The summed E-state index contributed by atoms with van der Waals surface area (Å²) < 4.78 is 0. The summed E-state index contributed by atoms with van der Waals surface area (Å²) >= 11 is 0. The number of hydrogen-bond donors (Lipinski definition) is 1. The molecule has 0 saturated carbocycles. The Hall–Kier alpha value is -3.05. The molecule has 2 rings (SSSR count). The highest BCUT2D eigenvalue weighted by atomic mass is 16.2. The van der Waals surface area contributed by atoms with Crippen LogP contribution in [-0.2, 0) is 20.8 Å². The van der Waals surface area contributed by atoms with Gasteiger partial charge in [-0.05, 0) is 17.2 Å². The van der Waals surface area contributed by atoms with Crippen molar-refractivity contribution in [3.05, 3.63) is 77.9 Å². The minimum absolute atomic E-state index is 0.251. The summed E-state index contributed by atoms with van der Waals surface area (Å²) in [6.07, 6.45) is 3.74. The number of rotatable bonds is 7. The molecule has 0 spiro atoms. The lowest BCUT2D eigenvalue weighted by Crippen LogP contribution is -2.48. The van der Waals surface area contributed by atoms with Gasteiger partial charge in [-0.3, -0.25) is 14.5 Å². The third-order valence-corrected chi connectivity index (χ3v) is 3.68. The number of carbonyl (C=O) groups is 3. The normalized spacial score (nSPS) is 11.9. The summed E-state index contributed by atoms with van der Waals surface area (Å²) in [4.78, 5) is 37.1. The molecule has 0 saturated heterocycles. The first-order valence-electron chi connectivity index (χ1n) is 7.94. The van der Waals surface area contributed by atoms with Gasteiger partial charge in [-0.1, -0.05) is 60.7 Å². The Labute approximate surface area is 146 Å². The number of aldehydes is 1. The molecule has 5 heteroatoms. The standard InChI is InChI=1S/C20H20N2O3/c21-14-20(25)22(18(15-23)13-17-9-5-2-6-10-17)19(24)12-11-16-7-3-1-4-8-16/h1-12,15,18H,13-14,21H2/t18-/m0/s1. The van der Waals surface area contributed by atoms with Gasteiger partial charge in [0.05, 0.1) is 12.6 Å². The number of amides is 2. The topological polar surface area (TPSA) is 80.5 Å². The van der Waals surface area contributed by atoms with Crippen LogP contribution in [0.1, 0.15) is 11.1 Å². The first kappa shape index (κ1) is 18.3. The quantitative estimate of drug-likeness (QED) is 0.618. The number of carbonyl (C=O) groups excluding carboxylic acids is 3. The molecule has 0 aliphatic carbocycles. The maximum absolute atomic E-state index is 12.5. The average molecular weight is 336 g/mol. The Balaban J connectivity index is 2.21. The molecule has 5 nitrogen and oxygen atoms in total. The molecule has 0 aliphatic heterocycles. The summed E-state index contributed by atoms with van der Waals surface area (Å²) in [7, 11) is 0. The Morgan fingerprint density at radius 3 is 2.16 bits per heavy atom. The fourth-order valence-corrected chi connectivity index (χ4v) is 2.44. The van der Waals surface area contributed by atoms with E-state index in [2.05, 4.69) is 0 Å². The number of nitrogens with zero attached hydrogens (tertiary/aromatic N) is 1. The van der Waals surface area contributed by atoms with Crippen molar-refractivity contribution in [1.29, 1.82) is 0 Å². The van der Waals surface area contributed by atoms with Gasteiger partial charge in [-0.2, -0.15) is 0 Å². The van der Waals surface area contributed by atoms with Crippen molar-refractivity contribution >= 4 is 24.2 Å². The zero-order valence-electron chi connectivity index (χ0n) is 13.7. The van der Waals surface area contributed by atoms with Crippen LogP contribution in [0.4, 0.5) is 0 Å². The Kier molecular flexibility index (Phi) is 6.80. The predicted molar refractivity (Wildman–Crippen MR) is 96.4 cm³/mol. The van der Waals surface area contributed by atoms with Crippen molar-refractivity contribution in [2.24, 2.45) is 5.73 Å². The molecule has 0 heterocycles. The van der Waals surface area contributed by atoms with E-state index < -0.39 is 17.9 Å². The summed E-state index contributed by atoms with van der Waals surface area (Å²) in [6.45, 7) is -0.343. The number of nitrogens with two attached hydrogens (primary N) is 1. The van der Waals surface area contributed by atoms with Gasteiger partial charge in [0.15, 0.2) is 0 Å². The molecule has 0 aliphatic rings. The maximum atomic E-state index is 12.5. The van der Waals surface area contributed by atoms with E-state index in [0.29, 0.717) is 6.29 Å². The number of imide groups is 1. The SMILES string of the molecule is NCC(=O)N(C(=O)C=Cc1ccccc1)[C@H](C=O)Cc1ccccc1. The van der Waals surface area contributed by atoms with Gasteiger partial charge >= 0.3 is 0 Å². The largest absolute Gasteiger partial charge is 0.322 e. The van der Waals surface area contributed by atoms with Crippen LogP contribution in [0.15, 0.2) is 66.7 Å². The first-order valence-corrected chi connectivity index (χ1v) is 7.94. The highest BCUT2D eigenvalue weighted by molar-refractivity contribution is 6.05. The second-order valence-electron chi connectivity index (χ2n) is 5.44. The van der Waals surface area contributed by atoms with E-state index in [9.17, 15) is 14.4 Å². The van der Waals surface area contributed by atoms with Crippen molar-refractivity contribution < 1.29 is 14.4 Å². The summed E-state index contributed by atoms with van der Waals surface area (Å²) in [6, 6.07) is 17.5. The Bertz CT molecular complexity index is 742. The van der Waals surface area contributed by atoms with Crippen molar-refractivity contribution in [3.8, 4) is 0 Å². The van der Waals surface area contributed by atoms with Crippen LogP contribution in [0.25, 0.3) is 6.08 Å². The molecule has 2 N–H and O–H groups in total. The molecule has 0 aromatic heterocycles. The van der Waals surface area contributed by atoms with Crippen LogP contribution in [0.2, 0.25) is 0 Å². The Morgan fingerprint density at radius 2 is 1.60 bits per heavy atom. The van der Waals surface area contributed by atoms with Gasteiger partial charge in [0.25, 0.3) is 5.91 Å². The van der Waals surface area contributed by atoms with E-state index in [1.807, 2.05) is 60.7 Å². The van der Waals surface area contributed by atoms with Crippen molar-refractivity contribution in [3.63, 3.8) is 0 Å². The number of hydrogen-bond acceptors (Lipinski definition) is 4. The zero-order valence-corrected chi connectivity index (χ0v) is 13.7. The van der Waals surface area contributed by atoms with Gasteiger partial charge in [-0.15, -0.1) is 0 Å². The molecular formula is C20H20N2O3. The van der Waals surface area contributed by atoms with Crippen LogP contribution >= 0.6 is 0 Å². The summed E-state index contributed by atoms with van der Waals surface area (Å²) in [5.74, 6) is -1.15. The second-order valence-corrected chi connectivity index (χ2v) is 5.44. The molecule has 2 aromatic rings. The van der Waals surface area contributed by atoms with E-state index in [1.54, 1.807) is 6.08 Å². The first-order chi connectivity index (χ1) is 12.2. The minimum atomic E-state index is -0.897. The van der Waals surface area contributed by atoms with Crippen molar-refractivity contribution in [2.75, 3.05) is 6.54 Å². The molecule has 128 valence electrons. The smallest absolute Gasteiger partial charge is 0.253 e. The molecule has 2 amide bonds. The zero-order chi connectivity index (χ0) is 18.1. The Morgan fingerprint density at radius 1 is 1.00 bits per heavy atom. The molecular weight excluding hydrogens is 316 g/mol. The minimum Gasteiger partial charge on any atom is -0.322 e. The fourth-order valence-electron chi connectivity index (χ4n) is 2.44. The van der Waals surface area contributed by atoms with Crippen molar-refractivity contribution in [1.82, 2.24) is 4.90 Å². The van der Waals surface area contributed by atoms with Crippen LogP contribution < -0.4 is 5.73 Å². The number of benzene rings is 2. The van der Waals surface area contributed by atoms with E-state index >= 15 is 0 Å². The van der Waals surface area contributed by atoms with Gasteiger partial charge < -0.3 is 10.5 Å². The summed E-state index contributed by atoms with van der Waals surface area (Å²) in [5.41, 5.74) is 7.10. The summed E-state index contributed by atoms with van der Waals surface area (Å²) in [5, 5.41) is 0. The van der Waals surface area contributed by atoms with Gasteiger partial charge in [-0.25, -0.2) is 0 Å². The lowest BCUT2D eigenvalue weighted by Gasteiger charge is -2.25. The molecule has 0 unspecified atom stereocenters. The van der Waals surface area contributed by atoms with E-state index in [1.165, 1.54) is 6.08 Å². The predicted octanol–water partition coefficient (Wildman–Crippen LogP) is 1.82. The van der Waals surface area contributed by atoms with Crippen LogP contribution in [0, 0.1) is 0 Å². The van der Waals surface area contributed by atoms with E-state index in [4.69, 9.17) is 5.73 Å². The van der Waals surface area contributed by atoms with E-state index in [0.717, 1.165) is 16.0 Å². The molecule has 1 atom stereocenters. The van der Waals surface area contributed by atoms with E-state index in [-0.39, 0.29) is 13.0 Å². The van der Waals surface area contributed by atoms with Gasteiger partial charge in [0.2, 0.25) is 5.91 Å². The molecule has 25 heavy (non-hydrogen) atoms. The van der Waals surface area contributed by atoms with Crippen LogP contribution in [-0.4, -0.2) is 35.6 Å². The highest BCUT2D eigenvalue weighted by Crippen LogP contribution is 2.10. The van der Waals surface area contributed by atoms with Crippen molar-refractivity contribution in [2.45, 2.75) is 12.5 Å². The monoisotopic (exact) mass is 336 g/mol. The third-order valence-electron chi connectivity index (χ3n) is 3.68.